The van der Waals surface area contributed by atoms with Crippen molar-refractivity contribution in [2.24, 2.45) is 0 Å². The molecular formula is C24H27FN4O2. The van der Waals surface area contributed by atoms with Crippen molar-refractivity contribution in [2.45, 2.75) is 32.7 Å². The molecule has 0 saturated carbocycles. The Morgan fingerprint density at radius 1 is 1.06 bits per heavy atom. The lowest BCUT2D eigenvalue weighted by atomic mass is 9.86. The van der Waals surface area contributed by atoms with E-state index < -0.39 is 0 Å². The van der Waals surface area contributed by atoms with E-state index in [0.717, 1.165) is 18.7 Å². The molecule has 1 saturated heterocycles. The summed E-state index contributed by atoms with van der Waals surface area (Å²) in [6.07, 6.45) is 0. The van der Waals surface area contributed by atoms with Crippen molar-refractivity contribution in [1.82, 2.24) is 19.9 Å². The molecule has 7 heteroatoms. The summed E-state index contributed by atoms with van der Waals surface area (Å²) in [7, 11) is 0. The van der Waals surface area contributed by atoms with Gasteiger partial charge < -0.3 is 9.42 Å². The van der Waals surface area contributed by atoms with Crippen LogP contribution in [0.2, 0.25) is 0 Å². The number of nitrogens with zero attached hydrogens (tertiary/aromatic N) is 4. The number of amides is 1. The van der Waals surface area contributed by atoms with Crippen LogP contribution in [0.4, 0.5) is 4.39 Å². The lowest BCUT2D eigenvalue weighted by Gasteiger charge is -2.34. The third kappa shape index (κ3) is 4.99. The number of carbonyl (C=O) groups excluding carboxylic acids is 1. The first-order valence-electron chi connectivity index (χ1n) is 10.5. The standard InChI is InChI=1S/C24H27FN4O2/c1-24(2,3)19-9-7-17(8-10-19)23(30)29-13-11-28(12-14-29)16-21-26-22(31-27-21)18-5-4-6-20(25)15-18/h4-10,15H,11-14,16H2,1-3H3. The van der Waals surface area contributed by atoms with Crippen molar-refractivity contribution >= 4 is 5.91 Å². The van der Waals surface area contributed by atoms with Crippen LogP contribution in [-0.4, -0.2) is 52.0 Å². The van der Waals surface area contributed by atoms with E-state index in [0.29, 0.717) is 36.9 Å². The van der Waals surface area contributed by atoms with Crippen molar-refractivity contribution in [2.75, 3.05) is 26.2 Å². The van der Waals surface area contributed by atoms with Gasteiger partial charge in [-0.1, -0.05) is 44.1 Å². The molecule has 2 heterocycles. The van der Waals surface area contributed by atoms with Crippen LogP contribution >= 0.6 is 0 Å². The van der Waals surface area contributed by atoms with E-state index in [1.54, 1.807) is 12.1 Å². The molecule has 31 heavy (non-hydrogen) atoms. The maximum absolute atomic E-state index is 13.4. The Morgan fingerprint density at radius 3 is 2.42 bits per heavy atom. The van der Waals surface area contributed by atoms with Gasteiger partial charge in [-0.2, -0.15) is 4.98 Å². The smallest absolute Gasteiger partial charge is 0.258 e. The maximum atomic E-state index is 13.4. The van der Waals surface area contributed by atoms with Gasteiger partial charge in [0, 0.05) is 37.3 Å². The number of halogens is 1. The van der Waals surface area contributed by atoms with Gasteiger partial charge in [-0.3, -0.25) is 9.69 Å². The molecule has 4 rings (SSSR count). The molecule has 1 fully saturated rings. The summed E-state index contributed by atoms with van der Waals surface area (Å²) in [4.78, 5) is 21.3. The van der Waals surface area contributed by atoms with Gasteiger partial charge in [-0.25, -0.2) is 4.39 Å². The molecule has 0 radical (unpaired) electrons. The zero-order valence-corrected chi connectivity index (χ0v) is 18.1. The fourth-order valence-corrected chi connectivity index (χ4v) is 3.66. The monoisotopic (exact) mass is 422 g/mol. The number of carbonyl (C=O) groups is 1. The van der Waals surface area contributed by atoms with Crippen LogP contribution in [0.25, 0.3) is 11.5 Å². The minimum atomic E-state index is -0.342. The predicted octanol–water partition coefficient (Wildman–Crippen LogP) is 4.13. The first kappa shape index (κ1) is 21.2. The zero-order valence-electron chi connectivity index (χ0n) is 18.1. The second-order valence-corrected chi connectivity index (χ2v) is 8.92. The second kappa shape index (κ2) is 8.59. The van der Waals surface area contributed by atoms with E-state index >= 15 is 0 Å². The fraction of sp³-hybridized carbons (Fsp3) is 0.375. The molecule has 1 aromatic heterocycles. The van der Waals surface area contributed by atoms with E-state index in [1.807, 2.05) is 29.2 Å². The van der Waals surface area contributed by atoms with Crippen LogP contribution in [0.3, 0.4) is 0 Å². The van der Waals surface area contributed by atoms with Gasteiger partial charge in [0.1, 0.15) is 5.82 Å². The number of rotatable bonds is 4. The Morgan fingerprint density at radius 2 is 1.77 bits per heavy atom. The van der Waals surface area contributed by atoms with E-state index in [1.165, 1.54) is 17.7 Å². The normalized spacial score (nSPS) is 15.3. The lowest BCUT2D eigenvalue weighted by molar-refractivity contribution is 0.0624. The Bertz CT molecular complexity index is 1050. The molecule has 0 spiro atoms. The van der Waals surface area contributed by atoms with Gasteiger partial charge in [0.05, 0.1) is 6.54 Å². The summed E-state index contributed by atoms with van der Waals surface area (Å²) in [6, 6.07) is 14.0. The fourth-order valence-electron chi connectivity index (χ4n) is 3.66. The molecule has 0 N–H and O–H groups in total. The van der Waals surface area contributed by atoms with E-state index in [9.17, 15) is 9.18 Å². The quantitative estimate of drug-likeness (QED) is 0.633. The van der Waals surface area contributed by atoms with Gasteiger partial charge in [0.2, 0.25) is 0 Å². The number of hydrogen-bond donors (Lipinski definition) is 0. The van der Waals surface area contributed by atoms with E-state index in [-0.39, 0.29) is 17.1 Å². The van der Waals surface area contributed by atoms with Gasteiger partial charge in [-0.15, -0.1) is 0 Å². The summed E-state index contributed by atoms with van der Waals surface area (Å²) in [6.45, 7) is 9.77. The van der Waals surface area contributed by atoms with Crippen molar-refractivity contribution < 1.29 is 13.7 Å². The van der Waals surface area contributed by atoms with Crippen LogP contribution in [0.1, 0.15) is 42.5 Å². The number of benzene rings is 2. The van der Waals surface area contributed by atoms with Crippen molar-refractivity contribution in [3.05, 3.63) is 71.3 Å². The van der Waals surface area contributed by atoms with Gasteiger partial charge in [0.25, 0.3) is 11.8 Å². The van der Waals surface area contributed by atoms with Crippen LogP contribution in [0, 0.1) is 5.82 Å². The summed E-state index contributed by atoms with van der Waals surface area (Å²) in [5, 5.41) is 4.02. The Labute approximate surface area is 181 Å². The molecule has 0 bridgehead atoms. The topological polar surface area (TPSA) is 62.5 Å². The average Bonchev–Trinajstić information content (AvgIpc) is 3.22. The molecule has 1 aliphatic rings. The highest BCUT2D eigenvalue weighted by Crippen LogP contribution is 2.23. The molecule has 6 nitrogen and oxygen atoms in total. The SMILES string of the molecule is CC(C)(C)c1ccc(C(=O)N2CCN(Cc3noc(-c4cccc(F)c4)n3)CC2)cc1. The third-order valence-corrected chi connectivity index (χ3v) is 5.56. The first-order valence-corrected chi connectivity index (χ1v) is 10.5. The van der Waals surface area contributed by atoms with Crippen molar-refractivity contribution in [1.29, 1.82) is 0 Å². The zero-order chi connectivity index (χ0) is 22.0. The number of hydrogen-bond acceptors (Lipinski definition) is 5. The van der Waals surface area contributed by atoms with E-state index in [2.05, 4.69) is 35.8 Å². The molecule has 0 unspecified atom stereocenters. The van der Waals surface area contributed by atoms with Crippen LogP contribution in [0.5, 0.6) is 0 Å². The predicted molar refractivity (Wildman–Crippen MR) is 116 cm³/mol. The van der Waals surface area contributed by atoms with Crippen LogP contribution < -0.4 is 0 Å². The highest BCUT2D eigenvalue weighted by Gasteiger charge is 2.24. The van der Waals surface area contributed by atoms with Crippen LogP contribution in [-0.2, 0) is 12.0 Å². The minimum absolute atomic E-state index is 0.0630. The average molecular weight is 423 g/mol. The number of piperazine rings is 1. The first-order chi connectivity index (χ1) is 14.8. The Kier molecular flexibility index (Phi) is 5.87. The molecular weight excluding hydrogens is 395 g/mol. The molecule has 2 aromatic carbocycles. The summed E-state index contributed by atoms with van der Waals surface area (Å²) in [5.41, 5.74) is 2.56. The summed E-state index contributed by atoms with van der Waals surface area (Å²) in [5.74, 6) is 0.581. The molecule has 0 aliphatic carbocycles. The minimum Gasteiger partial charge on any atom is -0.336 e. The highest BCUT2D eigenvalue weighted by atomic mass is 19.1. The largest absolute Gasteiger partial charge is 0.336 e. The highest BCUT2D eigenvalue weighted by molar-refractivity contribution is 5.94. The molecule has 1 aliphatic heterocycles. The molecule has 0 atom stereocenters. The number of aromatic nitrogens is 2. The maximum Gasteiger partial charge on any atom is 0.258 e. The summed E-state index contributed by atoms with van der Waals surface area (Å²) < 4.78 is 18.7. The second-order valence-electron chi connectivity index (χ2n) is 8.92. The van der Waals surface area contributed by atoms with Crippen molar-refractivity contribution in [3.8, 4) is 11.5 Å². The van der Waals surface area contributed by atoms with Crippen LogP contribution in [0.15, 0.2) is 53.1 Å². The van der Waals surface area contributed by atoms with E-state index in [4.69, 9.17) is 4.52 Å². The molecule has 1 amide bonds. The van der Waals surface area contributed by atoms with Gasteiger partial charge in [0.15, 0.2) is 5.82 Å². The Balaban J connectivity index is 1.32. The third-order valence-electron chi connectivity index (χ3n) is 5.56. The van der Waals surface area contributed by atoms with Crippen molar-refractivity contribution in [3.63, 3.8) is 0 Å². The lowest BCUT2D eigenvalue weighted by Crippen LogP contribution is -2.48. The van der Waals surface area contributed by atoms with Gasteiger partial charge in [-0.05, 0) is 41.3 Å². The van der Waals surface area contributed by atoms with Gasteiger partial charge >= 0.3 is 0 Å². The molecule has 3 aromatic rings. The summed E-state index contributed by atoms with van der Waals surface area (Å²) >= 11 is 0. The Hall–Kier alpha value is -3.06. The molecule has 162 valence electrons.